The molecular weight excluding hydrogens is 216 g/mol. The highest BCUT2D eigenvalue weighted by Gasteiger charge is 2.05. The second-order valence-electron chi connectivity index (χ2n) is 3.79. The molecule has 4 nitrogen and oxygen atoms in total. The van der Waals surface area contributed by atoms with Gasteiger partial charge in [-0.2, -0.15) is 0 Å². The largest absolute Gasteiger partial charge is 0.493 e. The Morgan fingerprint density at radius 3 is 2.47 bits per heavy atom. The van der Waals surface area contributed by atoms with Crippen LogP contribution in [0.15, 0.2) is 18.2 Å². The quantitative estimate of drug-likeness (QED) is 0.738. The molecule has 1 aromatic rings. The number of nitrogen functional groups attached to an aromatic ring is 1. The summed E-state index contributed by atoms with van der Waals surface area (Å²) in [5, 5.41) is 0. The van der Waals surface area contributed by atoms with E-state index in [1.165, 1.54) is 0 Å². The molecular formula is C13H22N2O2. The van der Waals surface area contributed by atoms with E-state index in [1.54, 1.807) is 13.2 Å². The van der Waals surface area contributed by atoms with Crippen LogP contribution in [0.1, 0.15) is 13.8 Å². The van der Waals surface area contributed by atoms with Crippen molar-refractivity contribution in [1.82, 2.24) is 4.90 Å². The van der Waals surface area contributed by atoms with Crippen molar-refractivity contribution >= 4 is 5.69 Å². The fourth-order valence-electron chi connectivity index (χ4n) is 1.63. The molecule has 0 unspecified atom stereocenters. The second-order valence-corrected chi connectivity index (χ2v) is 3.79. The highest BCUT2D eigenvalue weighted by molar-refractivity contribution is 5.51. The molecule has 2 N–H and O–H groups in total. The Labute approximate surface area is 103 Å². The number of anilines is 1. The second kappa shape index (κ2) is 7.01. The molecule has 0 amide bonds. The Morgan fingerprint density at radius 1 is 1.18 bits per heavy atom. The minimum Gasteiger partial charge on any atom is -0.493 e. The third-order valence-corrected chi connectivity index (χ3v) is 2.75. The molecule has 96 valence electrons. The molecule has 0 saturated heterocycles. The summed E-state index contributed by atoms with van der Waals surface area (Å²) >= 11 is 0. The molecule has 0 aliphatic heterocycles. The summed E-state index contributed by atoms with van der Waals surface area (Å²) in [6.07, 6.45) is 0. The summed E-state index contributed by atoms with van der Waals surface area (Å²) in [6, 6.07) is 5.43. The molecule has 0 saturated carbocycles. The average Bonchev–Trinajstić information content (AvgIpc) is 2.36. The van der Waals surface area contributed by atoms with E-state index in [-0.39, 0.29) is 0 Å². The third-order valence-electron chi connectivity index (χ3n) is 2.75. The zero-order valence-corrected chi connectivity index (χ0v) is 10.9. The van der Waals surface area contributed by atoms with Crippen LogP contribution in [-0.2, 0) is 0 Å². The predicted octanol–water partition coefficient (Wildman–Crippen LogP) is 2.00. The highest BCUT2D eigenvalue weighted by Crippen LogP contribution is 2.28. The molecule has 0 aliphatic rings. The monoisotopic (exact) mass is 238 g/mol. The standard InChI is InChI=1S/C13H22N2O2/c1-4-15(5-2)8-9-17-12-7-6-11(14)10-13(12)16-3/h6-7,10H,4-5,8-9,14H2,1-3H3. The van der Waals surface area contributed by atoms with Crippen LogP contribution in [0.5, 0.6) is 11.5 Å². The van der Waals surface area contributed by atoms with E-state index in [0.29, 0.717) is 18.0 Å². The van der Waals surface area contributed by atoms with Gasteiger partial charge in [-0.25, -0.2) is 0 Å². The first kappa shape index (κ1) is 13.6. The van der Waals surface area contributed by atoms with Crippen LogP contribution in [0.2, 0.25) is 0 Å². The molecule has 17 heavy (non-hydrogen) atoms. The van der Waals surface area contributed by atoms with E-state index in [4.69, 9.17) is 15.2 Å². The van der Waals surface area contributed by atoms with Crippen LogP contribution in [0.4, 0.5) is 5.69 Å². The van der Waals surface area contributed by atoms with Gasteiger partial charge in [0.15, 0.2) is 11.5 Å². The number of hydrogen-bond acceptors (Lipinski definition) is 4. The molecule has 4 heteroatoms. The van der Waals surface area contributed by atoms with Gasteiger partial charge in [-0.3, -0.25) is 0 Å². The van der Waals surface area contributed by atoms with Gasteiger partial charge in [0.05, 0.1) is 7.11 Å². The van der Waals surface area contributed by atoms with E-state index in [9.17, 15) is 0 Å². The zero-order chi connectivity index (χ0) is 12.7. The summed E-state index contributed by atoms with van der Waals surface area (Å²) in [4.78, 5) is 2.31. The highest BCUT2D eigenvalue weighted by atomic mass is 16.5. The lowest BCUT2D eigenvalue weighted by atomic mass is 10.3. The molecule has 0 heterocycles. The SMILES string of the molecule is CCN(CC)CCOc1ccc(N)cc1OC. The van der Waals surface area contributed by atoms with Crippen LogP contribution in [0, 0.1) is 0 Å². The van der Waals surface area contributed by atoms with Crippen molar-refractivity contribution in [3.8, 4) is 11.5 Å². The van der Waals surface area contributed by atoms with Gasteiger partial charge in [0.1, 0.15) is 6.61 Å². The first-order valence-electron chi connectivity index (χ1n) is 5.99. The molecule has 0 aromatic heterocycles. The van der Waals surface area contributed by atoms with Gasteiger partial charge < -0.3 is 20.1 Å². The average molecular weight is 238 g/mol. The number of nitrogens with zero attached hydrogens (tertiary/aromatic N) is 1. The van der Waals surface area contributed by atoms with Gasteiger partial charge in [-0.1, -0.05) is 13.8 Å². The van der Waals surface area contributed by atoms with Gasteiger partial charge in [0.25, 0.3) is 0 Å². The fourth-order valence-corrected chi connectivity index (χ4v) is 1.63. The van der Waals surface area contributed by atoms with Gasteiger partial charge in [0.2, 0.25) is 0 Å². The van der Waals surface area contributed by atoms with E-state index >= 15 is 0 Å². The van der Waals surface area contributed by atoms with E-state index < -0.39 is 0 Å². The Hall–Kier alpha value is -1.42. The van der Waals surface area contributed by atoms with Gasteiger partial charge >= 0.3 is 0 Å². The topological polar surface area (TPSA) is 47.7 Å². The fraction of sp³-hybridized carbons (Fsp3) is 0.538. The first-order valence-corrected chi connectivity index (χ1v) is 5.99. The van der Waals surface area contributed by atoms with Gasteiger partial charge in [0, 0.05) is 18.3 Å². The number of benzene rings is 1. The smallest absolute Gasteiger partial charge is 0.162 e. The maximum Gasteiger partial charge on any atom is 0.162 e. The number of methoxy groups -OCH3 is 1. The van der Waals surface area contributed by atoms with Crippen LogP contribution < -0.4 is 15.2 Å². The lowest BCUT2D eigenvalue weighted by Gasteiger charge is -2.18. The van der Waals surface area contributed by atoms with Crippen LogP contribution in [0.3, 0.4) is 0 Å². The minimum absolute atomic E-state index is 0.655. The van der Waals surface area contributed by atoms with Crippen LogP contribution in [-0.4, -0.2) is 38.3 Å². The zero-order valence-electron chi connectivity index (χ0n) is 10.9. The summed E-state index contributed by atoms with van der Waals surface area (Å²) in [5.74, 6) is 1.43. The Bertz CT molecular complexity index is 338. The minimum atomic E-state index is 0.655. The maximum absolute atomic E-state index is 5.69. The number of rotatable bonds is 7. The van der Waals surface area contributed by atoms with Gasteiger partial charge in [-0.05, 0) is 25.2 Å². The van der Waals surface area contributed by atoms with Crippen LogP contribution >= 0.6 is 0 Å². The lowest BCUT2D eigenvalue weighted by Crippen LogP contribution is -2.27. The Balaban J connectivity index is 2.51. The molecule has 0 bridgehead atoms. The van der Waals surface area contributed by atoms with Crippen molar-refractivity contribution in [2.45, 2.75) is 13.8 Å². The van der Waals surface area contributed by atoms with E-state index in [0.717, 1.165) is 25.4 Å². The van der Waals surface area contributed by atoms with E-state index in [1.807, 2.05) is 12.1 Å². The molecule has 0 aliphatic carbocycles. The molecule has 0 radical (unpaired) electrons. The summed E-state index contributed by atoms with van der Waals surface area (Å²) in [6.45, 7) is 7.94. The van der Waals surface area contributed by atoms with Crippen molar-refractivity contribution in [1.29, 1.82) is 0 Å². The Kier molecular flexibility index (Phi) is 5.63. The molecule has 0 spiro atoms. The molecule has 0 fully saturated rings. The third kappa shape index (κ3) is 4.15. The number of hydrogen-bond donors (Lipinski definition) is 1. The normalized spacial score (nSPS) is 10.6. The Morgan fingerprint density at radius 2 is 1.88 bits per heavy atom. The van der Waals surface area contributed by atoms with Crippen molar-refractivity contribution in [2.75, 3.05) is 39.1 Å². The molecule has 0 atom stereocenters. The predicted molar refractivity (Wildman–Crippen MR) is 70.7 cm³/mol. The van der Waals surface area contributed by atoms with Crippen LogP contribution in [0.25, 0.3) is 0 Å². The van der Waals surface area contributed by atoms with Gasteiger partial charge in [-0.15, -0.1) is 0 Å². The summed E-state index contributed by atoms with van der Waals surface area (Å²) < 4.78 is 10.9. The first-order chi connectivity index (χ1) is 8.21. The number of ether oxygens (including phenoxy) is 2. The number of likely N-dealkylation sites (N-methyl/N-ethyl adjacent to an activating group) is 1. The lowest BCUT2D eigenvalue weighted by molar-refractivity contribution is 0.217. The van der Waals surface area contributed by atoms with Crippen molar-refractivity contribution in [3.63, 3.8) is 0 Å². The van der Waals surface area contributed by atoms with Crippen molar-refractivity contribution in [3.05, 3.63) is 18.2 Å². The van der Waals surface area contributed by atoms with Crippen molar-refractivity contribution in [2.24, 2.45) is 0 Å². The molecule has 1 aromatic carbocycles. The number of nitrogens with two attached hydrogens (primary N) is 1. The maximum atomic E-state index is 5.69. The summed E-state index contributed by atoms with van der Waals surface area (Å²) in [7, 11) is 1.62. The van der Waals surface area contributed by atoms with E-state index in [2.05, 4.69) is 18.7 Å². The van der Waals surface area contributed by atoms with Crippen molar-refractivity contribution < 1.29 is 9.47 Å². The summed E-state index contributed by atoms with van der Waals surface area (Å²) in [5.41, 5.74) is 6.36. The molecule has 1 rings (SSSR count).